The minimum atomic E-state index is -0.334. The van der Waals surface area contributed by atoms with Gasteiger partial charge in [0.25, 0.3) is 5.91 Å². The van der Waals surface area contributed by atoms with Gasteiger partial charge in [0.2, 0.25) is 5.82 Å². The second kappa shape index (κ2) is 6.78. The standard InChI is InChI=1S/C20H23N5O/c1-2-12-22-20(26)18-23-17(21)16-14-10-6-7-11-15(14)25(19(16)24-18)13-8-4-3-5-9-13/h2,6-7,10-11,13H,1,3-5,8-9,12H2,(H,22,26)(H2,21,23,24). The lowest BCUT2D eigenvalue weighted by Crippen LogP contribution is -2.26. The van der Waals surface area contributed by atoms with E-state index in [0.29, 0.717) is 18.4 Å². The molecule has 3 aromatic rings. The van der Waals surface area contributed by atoms with Gasteiger partial charge < -0.3 is 15.6 Å². The van der Waals surface area contributed by atoms with Gasteiger partial charge in [0.15, 0.2) is 0 Å². The molecule has 3 N–H and O–H groups in total. The highest BCUT2D eigenvalue weighted by molar-refractivity contribution is 6.12. The van der Waals surface area contributed by atoms with Crippen molar-refractivity contribution in [3.05, 3.63) is 42.7 Å². The third-order valence-electron chi connectivity index (χ3n) is 5.13. The molecule has 4 rings (SSSR count). The van der Waals surface area contributed by atoms with E-state index in [2.05, 4.69) is 32.5 Å². The maximum Gasteiger partial charge on any atom is 0.289 e. The summed E-state index contributed by atoms with van der Waals surface area (Å²) in [5.74, 6) is 0.125. The largest absolute Gasteiger partial charge is 0.383 e. The maximum absolute atomic E-state index is 12.4. The zero-order chi connectivity index (χ0) is 18.1. The van der Waals surface area contributed by atoms with Crippen molar-refractivity contribution in [3.8, 4) is 0 Å². The first-order chi connectivity index (χ1) is 12.7. The van der Waals surface area contributed by atoms with Gasteiger partial charge in [-0.3, -0.25) is 4.79 Å². The molecular formula is C20H23N5O. The molecule has 1 aromatic carbocycles. The summed E-state index contributed by atoms with van der Waals surface area (Å²) in [7, 11) is 0. The number of benzene rings is 1. The molecule has 0 aliphatic heterocycles. The molecule has 0 radical (unpaired) electrons. The molecular weight excluding hydrogens is 326 g/mol. The Morgan fingerprint density at radius 1 is 1.27 bits per heavy atom. The summed E-state index contributed by atoms with van der Waals surface area (Å²) in [6.07, 6.45) is 7.57. The second-order valence-electron chi connectivity index (χ2n) is 6.81. The summed E-state index contributed by atoms with van der Waals surface area (Å²) in [4.78, 5) is 21.3. The number of nitrogens with one attached hydrogen (secondary N) is 1. The van der Waals surface area contributed by atoms with E-state index in [1.165, 1.54) is 19.3 Å². The fraction of sp³-hybridized carbons (Fsp3) is 0.350. The number of nitrogens with zero attached hydrogens (tertiary/aromatic N) is 3. The lowest BCUT2D eigenvalue weighted by atomic mass is 9.95. The number of para-hydroxylation sites is 1. The van der Waals surface area contributed by atoms with Crippen molar-refractivity contribution in [1.29, 1.82) is 0 Å². The summed E-state index contributed by atoms with van der Waals surface area (Å²) in [5, 5.41) is 4.61. The third kappa shape index (κ3) is 2.71. The normalized spacial score (nSPS) is 15.4. The molecule has 0 spiro atoms. The van der Waals surface area contributed by atoms with Crippen LogP contribution in [0.4, 0.5) is 5.82 Å². The average molecular weight is 349 g/mol. The molecule has 1 amide bonds. The molecule has 2 aromatic heterocycles. The van der Waals surface area contributed by atoms with E-state index in [0.717, 1.165) is 34.8 Å². The molecule has 0 bridgehead atoms. The molecule has 1 saturated carbocycles. The van der Waals surface area contributed by atoms with Crippen molar-refractivity contribution in [3.63, 3.8) is 0 Å². The molecule has 6 heteroatoms. The maximum atomic E-state index is 12.4. The summed E-state index contributed by atoms with van der Waals surface area (Å²) in [6, 6.07) is 8.56. The Morgan fingerprint density at radius 3 is 2.81 bits per heavy atom. The lowest BCUT2D eigenvalue weighted by molar-refractivity contribution is 0.0948. The summed E-state index contributed by atoms with van der Waals surface area (Å²) < 4.78 is 2.27. The van der Waals surface area contributed by atoms with E-state index in [4.69, 9.17) is 5.73 Å². The lowest BCUT2D eigenvalue weighted by Gasteiger charge is -2.24. The Bertz CT molecular complexity index is 985. The van der Waals surface area contributed by atoms with Crippen molar-refractivity contribution in [2.75, 3.05) is 12.3 Å². The fourth-order valence-electron chi connectivity index (χ4n) is 3.96. The first kappa shape index (κ1) is 16.6. The van der Waals surface area contributed by atoms with Crippen LogP contribution in [-0.2, 0) is 0 Å². The SMILES string of the molecule is C=CCNC(=O)c1nc(N)c2c3ccccc3n(C3CCCCC3)c2n1. The van der Waals surface area contributed by atoms with Crippen LogP contribution in [0.15, 0.2) is 36.9 Å². The zero-order valence-electron chi connectivity index (χ0n) is 14.7. The number of amides is 1. The van der Waals surface area contributed by atoms with Crippen LogP contribution in [0.3, 0.4) is 0 Å². The van der Waals surface area contributed by atoms with Gasteiger partial charge in [0.05, 0.1) is 10.9 Å². The van der Waals surface area contributed by atoms with Crippen LogP contribution in [-0.4, -0.2) is 27.0 Å². The molecule has 2 heterocycles. The Morgan fingerprint density at radius 2 is 2.04 bits per heavy atom. The molecule has 1 aliphatic carbocycles. The molecule has 134 valence electrons. The number of carbonyl (C=O) groups is 1. The van der Waals surface area contributed by atoms with E-state index in [1.807, 2.05) is 18.2 Å². The van der Waals surface area contributed by atoms with Crippen molar-refractivity contribution in [1.82, 2.24) is 19.9 Å². The van der Waals surface area contributed by atoms with Crippen molar-refractivity contribution in [2.24, 2.45) is 0 Å². The van der Waals surface area contributed by atoms with E-state index in [1.54, 1.807) is 6.08 Å². The minimum Gasteiger partial charge on any atom is -0.383 e. The first-order valence-corrected chi connectivity index (χ1v) is 9.16. The number of aromatic nitrogens is 3. The topological polar surface area (TPSA) is 85.8 Å². The number of carbonyl (C=O) groups excluding carboxylic acids is 1. The van der Waals surface area contributed by atoms with Crippen LogP contribution in [0.5, 0.6) is 0 Å². The van der Waals surface area contributed by atoms with Gasteiger partial charge >= 0.3 is 0 Å². The van der Waals surface area contributed by atoms with Crippen molar-refractivity contribution >= 4 is 33.7 Å². The molecule has 0 unspecified atom stereocenters. The Balaban J connectivity index is 1.95. The van der Waals surface area contributed by atoms with Crippen LogP contribution < -0.4 is 11.1 Å². The summed E-state index contributed by atoms with van der Waals surface area (Å²) in [5.41, 5.74) is 8.14. The first-order valence-electron chi connectivity index (χ1n) is 9.16. The van der Waals surface area contributed by atoms with Crippen LogP contribution in [0.2, 0.25) is 0 Å². The number of hydrogen-bond acceptors (Lipinski definition) is 4. The smallest absolute Gasteiger partial charge is 0.289 e. The minimum absolute atomic E-state index is 0.108. The highest BCUT2D eigenvalue weighted by Gasteiger charge is 2.24. The zero-order valence-corrected chi connectivity index (χ0v) is 14.7. The summed E-state index contributed by atoms with van der Waals surface area (Å²) >= 11 is 0. The molecule has 26 heavy (non-hydrogen) atoms. The Labute approximate surface area is 152 Å². The van der Waals surface area contributed by atoms with Gasteiger partial charge in [0, 0.05) is 18.0 Å². The van der Waals surface area contributed by atoms with Gasteiger partial charge in [-0.25, -0.2) is 9.97 Å². The van der Waals surface area contributed by atoms with Gasteiger partial charge in [-0.15, -0.1) is 6.58 Å². The fourth-order valence-corrected chi connectivity index (χ4v) is 3.96. The van der Waals surface area contributed by atoms with Crippen LogP contribution in [0, 0.1) is 0 Å². The average Bonchev–Trinajstić information content (AvgIpc) is 3.01. The van der Waals surface area contributed by atoms with Gasteiger partial charge in [0.1, 0.15) is 11.5 Å². The predicted octanol–water partition coefficient (Wildman–Crippen LogP) is 3.59. The highest BCUT2D eigenvalue weighted by Crippen LogP contribution is 2.38. The van der Waals surface area contributed by atoms with Gasteiger partial charge in [-0.2, -0.15) is 0 Å². The van der Waals surface area contributed by atoms with E-state index in [-0.39, 0.29) is 11.7 Å². The van der Waals surface area contributed by atoms with Crippen LogP contribution >= 0.6 is 0 Å². The highest BCUT2D eigenvalue weighted by atomic mass is 16.2. The molecule has 1 aliphatic rings. The molecule has 0 saturated heterocycles. The van der Waals surface area contributed by atoms with E-state index < -0.39 is 0 Å². The Hall–Kier alpha value is -2.89. The predicted molar refractivity (Wildman–Crippen MR) is 104 cm³/mol. The van der Waals surface area contributed by atoms with Gasteiger partial charge in [-0.1, -0.05) is 43.5 Å². The monoisotopic (exact) mass is 349 g/mol. The van der Waals surface area contributed by atoms with Crippen molar-refractivity contribution in [2.45, 2.75) is 38.1 Å². The van der Waals surface area contributed by atoms with Gasteiger partial charge in [-0.05, 0) is 18.9 Å². The number of anilines is 1. The van der Waals surface area contributed by atoms with E-state index >= 15 is 0 Å². The Kier molecular flexibility index (Phi) is 4.32. The second-order valence-corrected chi connectivity index (χ2v) is 6.81. The number of fused-ring (bicyclic) bond motifs is 3. The summed E-state index contributed by atoms with van der Waals surface area (Å²) in [6.45, 7) is 3.98. The van der Waals surface area contributed by atoms with Crippen molar-refractivity contribution < 1.29 is 4.79 Å². The molecule has 0 atom stereocenters. The molecule has 1 fully saturated rings. The quantitative estimate of drug-likeness (QED) is 0.705. The number of nitrogens with two attached hydrogens (primary N) is 1. The van der Waals surface area contributed by atoms with E-state index in [9.17, 15) is 4.79 Å². The number of rotatable bonds is 4. The van der Waals surface area contributed by atoms with Crippen LogP contribution in [0.25, 0.3) is 21.9 Å². The number of nitrogen functional groups attached to an aromatic ring is 1. The molecule has 6 nitrogen and oxygen atoms in total. The third-order valence-corrected chi connectivity index (χ3v) is 5.13. The number of hydrogen-bond donors (Lipinski definition) is 2. The van der Waals surface area contributed by atoms with Crippen LogP contribution in [0.1, 0.15) is 48.8 Å².